The monoisotopic (exact) mass is 502 g/mol. The highest BCUT2D eigenvalue weighted by Crippen LogP contribution is 2.44. The number of nitrogens with zero attached hydrogens (tertiary/aromatic N) is 1. The summed E-state index contributed by atoms with van der Waals surface area (Å²) in [5, 5.41) is 10.6. The number of rotatable bonds is 8. The van der Waals surface area contributed by atoms with Crippen LogP contribution in [0.5, 0.6) is 5.75 Å². The second kappa shape index (κ2) is 9.53. The maximum Gasteiger partial charge on any atom is 0.387 e. The average molecular weight is 503 g/mol. The number of para-hydroxylation sites is 1. The predicted molar refractivity (Wildman–Crippen MR) is 130 cm³/mol. The molecule has 1 aromatic heterocycles. The van der Waals surface area contributed by atoms with Gasteiger partial charge < -0.3 is 14.8 Å². The Labute approximate surface area is 205 Å². The average Bonchev–Trinajstić information content (AvgIpc) is 3.53. The molecule has 0 amide bonds. The Morgan fingerprint density at radius 3 is 2.50 bits per heavy atom. The van der Waals surface area contributed by atoms with E-state index in [2.05, 4.69) is 26.8 Å². The lowest BCUT2D eigenvalue weighted by Crippen LogP contribution is -2.08. The summed E-state index contributed by atoms with van der Waals surface area (Å²) in [4.78, 5) is 7.88. The molecule has 3 aromatic carbocycles. The van der Waals surface area contributed by atoms with Gasteiger partial charge in [0.2, 0.25) is 0 Å². The van der Waals surface area contributed by atoms with Crippen molar-refractivity contribution in [3.8, 4) is 16.9 Å². The van der Waals surface area contributed by atoms with Crippen LogP contribution in [0.15, 0.2) is 54.6 Å². The molecular weight excluding hydrogens is 481 g/mol. The van der Waals surface area contributed by atoms with Crippen molar-refractivity contribution in [1.82, 2.24) is 9.97 Å². The minimum Gasteiger partial charge on any atom is -0.434 e. The van der Waals surface area contributed by atoms with Gasteiger partial charge in [0, 0.05) is 11.1 Å². The van der Waals surface area contributed by atoms with Crippen LogP contribution in [0.1, 0.15) is 35.7 Å². The van der Waals surface area contributed by atoms with Crippen molar-refractivity contribution in [1.29, 1.82) is 0 Å². The van der Waals surface area contributed by atoms with Crippen LogP contribution >= 0.6 is 23.2 Å². The molecule has 4 nitrogen and oxygen atoms in total. The summed E-state index contributed by atoms with van der Waals surface area (Å²) in [6.45, 7) is -3.13. The Hall–Kier alpha value is -2.67. The molecule has 0 spiro atoms. The second-order valence-electron chi connectivity index (χ2n) is 8.56. The number of halogens is 4. The molecule has 1 unspecified atom stereocenters. The highest BCUT2D eigenvalue weighted by atomic mass is 35.5. The van der Waals surface area contributed by atoms with E-state index < -0.39 is 6.61 Å². The number of alkyl halides is 2. The Balaban J connectivity index is 1.53. The SMILES string of the molecule is OCC(c1ccc(CC2CC2)cc1)c1nc2c(Cl)c(-c3ccccc3OC(F)F)c(Cl)cc2[nH]1. The van der Waals surface area contributed by atoms with Gasteiger partial charge in [-0.3, -0.25) is 0 Å². The quantitative estimate of drug-likeness (QED) is 0.267. The molecule has 1 saturated carbocycles. The number of aromatic amines is 1. The van der Waals surface area contributed by atoms with E-state index in [1.807, 2.05) is 12.1 Å². The van der Waals surface area contributed by atoms with Crippen molar-refractivity contribution in [2.45, 2.75) is 31.8 Å². The van der Waals surface area contributed by atoms with Crippen molar-refractivity contribution in [2.75, 3.05) is 6.61 Å². The minimum atomic E-state index is -2.99. The number of nitrogens with one attached hydrogen (secondary N) is 1. The van der Waals surface area contributed by atoms with Gasteiger partial charge in [0.25, 0.3) is 0 Å². The van der Waals surface area contributed by atoms with Gasteiger partial charge >= 0.3 is 6.61 Å². The van der Waals surface area contributed by atoms with Crippen molar-refractivity contribution in [3.63, 3.8) is 0 Å². The highest BCUT2D eigenvalue weighted by Gasteiger charge is 2.24. The third kappa shape index (κ3) is 4.63. The summed E-state index contributed by atoms with van der Waals surface area (Å²) in [5.74, 6) is 0.929. The van der Waals surface area contributed by atoms with Crippen LogP contribution < -0.4 is 4.74 Å². The molecule has 1 aliphatic rings. The van der Waals surface area contributed by atoms with Gasteiger partial charge in [0.15, 0.2) is 0 Å². The zero-order valence-corrected chi connectivity index (χ0v) is 19.6. The molecule has 0 radical (unpaired) electrons. The maximum absolute atomic E-state index is 12.9. The first kappa shape index (κ1) is 23.1. The van der Waals surface area contributed by atoms with Crippen LogP contribution in [0, 0.1) is 5.92 Å². The van der Waals surface area contributed by atoms with E-state index in [0.29, 0.717) is 28.0 Å². The van der Waals surface area contributed by atoms with Crippen LogP contribution in [0.4, 0.5) is 8.78 Å². The Morgan fingerprint density at radius 2 is 1.82 bits per heavy atom. The molecule has 2 N–H and O–H groups in total. The Kier molecular flexibility index (Phi) is 6.47. The molecule has 0 bridgehead atoms. The van der Waals surface area contributed by atoms with Gasteiger partial charge in [-0.25, -0.2) is 4.98 Å². The fourth-order valence-electron chi connectivity index (χ4n) is 4.27. The van der Waals surface area contributed by atoms with E-state index in [4.69, 9.17) is 23.2 Å². The second-order valence-corrected chi connectivity index (χ2v) is 9.35. The van der Waals surface area contributed by atoms with Gasteiger partial charge in [-0.2, -0.15) is 8.78 Å². The Bertz CT molecular complexity index is 1320. The number of aliphatic hydroxyl groups excluding tert-OH is 1. The number of aliphatic hydroxyl groups is 1. The standard InChI is InChI=1S/C26H22Cl2F2N2O2/c27-19-12-20-24(23(28)22(19)17-3-1-2-4-21(17)34-26(29)30)32-25(31-20)18(13-33)16-9-7-15(8-10-16)11-14-5-6-14/h1-4,7-10,12,14,18,26,33H,5-6,11,13H2,(H,31,32). The summed E-state index contributed by atoms with van der Waals surface area (Å²) in [6, 6.07) is 16.2. The largest absolute Gasteiger partial charge is 0.434 e. The van der Waals surface area contributed by atoms with Crippen LogP contribution in [0.2, 0.25) is 10.0 Å². The molecule has 5 rings (SSSR count). The van der Waals surface area contributed by atoms with Crippen molar-refractivity contribution >= 4 is 34.2 Å². The number of hydrogen-bond donors (Lipinski definition) is 2. The van der Waals surface area contributed by atoms with Crippen LogP contribution in [-0.2, 0) is 6.42 Å². The van der Waals surface area contributed by atoms with Gasteiger partial charge in [0.1, 0.15) is 17.1 Å². The molecule has 0 saturated heterocycles. The van der Waals surface area contributed by atoms with Crippen molar-refractivity contribution < 1.29 is 18.6 Å². The molecule has 1 atom stereocenters. The molecule has 1 fully saturated rings. The lowest BCUT2D eigenvalue weighted by Gasteiger charge is -2.13. The summed E-state index contributed by atoms with van der Waals surface area (Å²) < 4.78 is 30.5. The molecule has 1 aliphatic carbocycles. The summed E-state index contributed by atoms with van der Waals surface area (Å²) in [6.07, 6.45) is 3.68. The summed E-state index contributed by atoms with van der Waals surface area (Å²) >= 11 is 13.2. The van der Waals surface area contributed by atoms with Crippen LogP contribution in [0.25, 0.3) is 22.2 Å². The van der Waals surface area contributed by atoms with Gasteiger partial charge in [-0.1, -0.05) is 65.7 Å². The number of fused-ring (bicyclic) bond motifs is 1. The van der Waals surface area contributed by atoms with E-state index >= 15 is 0 Å². The molecule has 34 heavy (non-hydrogen) atoms. The lowest BCUT2D eigenvalue weighted by atomic mass is 9.97. The fourth-order valence-corrected chi connectivity index (χ4v) is 4.98. The summed E-state index contributed by atoms with van der Waals surface area (Å²) in [7, 11) is 0. The first-order chi connectivity index (χ1) is 16.4. The zero-order valence-electron chi connectivity index (χ0n) is 18.1. The van der Waals surface area contributed by atoms with E-state index in [9.17, 15) is 13.9 Å². The Morgan fingerprint density at radius 1 is 1.09 bits per heavy atom. The lowest BCUT2D eigenvalue weighted by molar-refractivity contribution is -0.0494. The number of imidazole rings is 1. The molecular formula is C26H22Cl2F2N2O2. The molecule has 176 valence electrons. The van der Waals surface area contributed by atoms with Crippen molar-refractivity contribution in [2.24, 2.45) is 5.92 Å². The van der Waals surface area contributed by atoms with Crippen LogP contribution in [-0.4, -0.2) is 28.3 Å². The topological polar surface area (TPSA) is 58.1 Å². The first-order valence-electron chi connectivity index (χ1n) is 11.1. The van der Waals surface area contributed by atoms with E-state index in [1.165, 1.54) is 24.5 Å². The number of aromatic nitrogens is 2. The van der Waals surface area contributed by atoms with E-state index in [-0.39, 0.29) is 28.3 Å². The van der Waals surface area contributed by atoms with Gasteiger partial charge in [0.05, 0.1) is 28.1 Å². The fraction of sp³-hybridized carbons (Fsp3) is 0.269. The smallest absolute Gasteiger partial charge is 0.387 e. The third-order valence-corrected chi connectivity index (χ3v) is 6.84. The first-order valence-corrected chi connectivity index (χ1v) is 11.8. The summed E-state index contributed by atoms with van der Waals surface area (Å²) in [5.41, 5.74) is 3.94. The van der Waals surface area contributed by atoms with E-state index in [1.54, 1.807) is 24.3 Å². The number of benzene rings is 3. The number of ether oxygens (including phenoxy) is 1. The van der Waals surface area contributed by atoms with E-state index in [0.717, 1.165) is 17.9 Å². The molecule has 8 heteroatoms. The van der Waals surface area contributed by atoms with Crippen LogP contribution in [0.3, 0.4) is 0 Å². The predicted octanol–water partition coefficient (Wildman–Crippen LogP) is 7.21. The zero-order chi connectivity index (χ0) is 23.8. The number of H-pyrrole nitrogens is 1. The normalized spacial score (nSPS) is 14.6. The third-order valence-electron chi connectivity index (χ3n) is 6.18. The van der Waals surface area contributed by atoms with Crippen molar-refractivity contribution in [3.05, 3.63) is 81.6 Å². The molecule has 1 heterocycles. The van der Waals surface area contributed by atoms with Gasteiger partial charge in [-0.05, 0) is 48.4 Å². The number of hydrogen-bond acceptors (Lipinski definition) is 3. The maximum atomic E-state index is 12.9. The molecule has 0 aliphatic heterocycles. The minimum absolute atomic E-state index is 0.0315. The highest BCUT2D eigenvalue weighted by molar-refractivity contribution is 6.42. The molecule has 4 aromatic rings. The van der Waals surface area contributed by atoms with Gasteiger partial charge in [-0.15, -0.1) is 0 Å².